The smallest absolute Gasteiger partial charge is 0.323 e. The van der Waals surface area contributed by atoms with Crippen molar-refractivity contribution in [3.8, 4) is 6.01 Å². The zero-order valence-electron chi connectivity index (χ0n) is 13.1. The van der Waals surface area contributed by atoms with E-state index in [1.54, 1.807) is 6.92 Å². The highest BCUT2D eigenvalue weighted by molar-refractivity contribution is 5.38. The van der Waals surface area contributed by atoms with Gasteiger partial charge in [0.25, 0.3) is 0 Å². The quantitative estimate of drug-likeness (QED) is 0.525. The number of hydrogen-bond acceptors (Lipinski definition) is 8. The molecule has 4 N–H and O–H groups in total. The number of hydrogen-bond donors (Lipinski definition) is 4. The van der Waals surface area contributed by atoms with Crippen LogP contribution >= 0.6 is 0 Å². The van der Waals surface area contributed by atoms with Gasteiger partial charge in [-0.25, -0.2) is 0 Å². The van der Waals surface area contributed by atoms with Crippen molar-refractivity contribution in [3.05, 3.63) is 0 Å². The van der Waals surface area contributed by atoms with E-state index in [-0.39, 0.29) is 31.3 Å². The lowest BCUT2D eigenvalue weighted by molar-refractivity contribution is 0.146. The largest absolute Gasteiger partial charge is 0.461 e. The van der Waals surface area contributed by atoms with Crippen molar-refractivity contribution in [2.24, 2.45) is 0 Å². The first-order chi connectivity index (χ1) is 9.92. The summed E-state index contributed by atoms with van der Waals surface area (Å²) >= 11 is 0. The Bertz CT molecular complexity index is 438. The van der Waals surface area contributed by atoms with Crippen LogP contribution in [0, 0.1) is 0 Å². The van der Waals surface area contributed by atoms with E-state index in [1.807, 2.05) is 20.8 Å². The molecule has 8 heteroatoms. The van der Waals surface area contributed by atoms with E-state index >= 15 is 0 Å². The Morgan fingerprint density at radius 2 is 1.76 bits per heavy atom. The average molecular weight is 299 g/mol. The lowest BCUT2D eigenvalue weighted by atomic mass is 10.1. The third kappa shape index (κ3) is 5.68. The molecule has 0 saturated heterocycles. The van der Waals surface area contributed by atoms with Gasteiger partial charge in [0.2, 0.25) is 11.9 Å². The summed E-state index contributed by atoms with van der Waals surface area (Å²) in [6.45, 7) is 7.66. The van der Waals surface area contributed by atoms with E-state index in [2.05, 4.69) is 25.6 Å². The lowest BCUT2D eigenvalue weighted by Crippen LogP contribution is -2.43. The second-order valence-electron chi connectivity index (χ2n) is 5.36. The molecule has 0 radical (unpaired) electrons. The van der Waals surface area contributed by atoms with Gasteiger partial charge < -0.3 is 25.6 Å². The van der Waals surface area contributed by atoms with Crippen molar-refractivity contribution in [2.45, 2.75) is 45.8 Å². The maximum absolute atomic E-state index is 9.33. The molecule has 0 fully saturated rings. The Labute approximate surface area is 125 Å². The van der Waals surface area contributed by atoms with Crippen LogP contribution in [0.1, 0.15) is 34.1 Å². The highest BCUT2D eigenvalue weighted by Gasteiger charge is 2.24. The van der Waals surface area contributed by atoms with Crippen molar-refractivity contribution in [3.63, 3.8) is 0 Å². The molecule has 0 amide bonds. The number of ether oxygens (including phenoxy) is 1. The predicted molar refractivity (Wildman–Crippen MR) is 80.6 cm³/mol. The summed E-state index contributed by atoms with van der Waals surface area (Å²) in [6, 6.07) is 0.194. The summed E-state index contributed by atoms with van der Waals surface area (Å²) in [7, 11) is 0. The molecule has 0 saturated carbocycles. The highest BCUT2D eigenvalue weighted by atomic mass is 16.5. The Hall–Kier alpha value is -1.67. The zero-order chi connectivity index (χ0) is 15.9. The minimum absolute atomic E-state index is 0.0682. The molecule has 0 aromatic carbocycles. The highest BCUT2D eigenvalue weighted by Crippen LogP contribution is 2.16. The Kier molecular flexibility index (Phi) is 6.57. The van der Waals surface area contributed by atoms with Crippen LogP contribution in [0.15, 0.2) is 0 Å². The molecule has 120 valence electrons. The first-order valence-electron chi connectivity index (χ1n) is 7.09. The number of aromatic nitrogens is 3. The summed E-state index contributed by atoms with van der Waals surface area (Å²) in [4.78, 5) is 12.5. The fourth-order valence-corrected chi connectivity index (χ4v) is 1.39. The molecule has 0 aliphatic rings. The van der Waals surface area contributed by atoms with Gasteiger partial charge in [-0.05, 0) is 27.2 Å². The van der Waals surface area contributed by atoms with Gasteiger partial charge in [-0.3, -0.25) is 0 Å². The van der Waals surface area contributed by atoms with Crippen LogP contribution in [-0.2, 0) is 0 Å². The van der Waals surface area contributed by atoms with Crippen LogP contribution in [0.25, 0.3) is 0 Å². The molecule has 21 heavy (non-hydrogen) atoms. The summed E-state index contributed by atoms with van der Waals surface area (Å²) in [6.07, 6.45) is 0.862. The third-order valence-corrected chi connectivity index (χ3v) is 2.60. The number of aliphatic hydroxyl groups excluding tert-OH is 2. The second kappa shape index (κ2) is 7.94. The van der Waals surface area contributed by atoms with E-state index in [4.69, 9.17) is 4.74 Å². The summed E-state index contributed by atoms with van der Waals surface area (Å²) in [5.41, 5.74) is -0.918. The number of nitrogens with zero attached hydrogens (tertiary/aromatic N) is 3. The van der Waals surface area contributed by atoms with Crippen LogP contribution in [0.5, 0.6) is 6.01 Å². The average Bonchev–Trinajstić information content (AvgIpc) is 2.44. The molecule has 1 aromatic rings. The van der Waals surface area contributed by atoms with Crippen LogP contribution in [0.3, 0.4) is 0 Å². The van der Waals surface area contributed by atoms with Crippen LogP contribution in [-0.4, -0.2) is 56.6 Å². The molecule has 0 aliphatic carbocycles. The Balaban J connectivity index is 3.00. The van der Waals surface area contributed by atoms with Crippen molar-refractivity contribution in [2.75, 3.05) is 30.4 Å². The summed E-state index contributed by atoms with van der Waals surface area (Å²) in [5, 5.41) is 24.6. The standard InChI is InChI=1S/C13H25N5O3/c1-5-6-14-10-15-11(18-13(4,7-19)8-20)17-12(16-10)21-9(2)3/h9,19-20H,5-8H2,1-4H3,(H2,14,15,16,17,18). The molecule has 0 spiro atoms. The molecule has 0 atom stereocenters. The van der Waals surface area contributed by atoms with Crippen LogP contribution < -0.4 is 15.4 Å². The maximum atomic E-state index is 9.33. The van der Waals surface area contributed by atoms with E-state index in [9.17, 15) is 10.2 Å². The van der Waals surface area contributed by atoms with Crippen molar-refractivity contribution >= 4 is 11.9 Å². The topological polar surface area (TPSA) is 112 Å². The second-order valence-corrected chi connectivity index (χ2v) is 5.36. The van der Waals surface area contributed by atoms with Crippen LogP contribution in [0.4, 0.5) is 11.9 Å². The molecular formula is C13H25N5O3. The summed E-state index contributed by atoms with van der Waals surface area (Å²) in [5.74, 6) is 0.632. The number of nitrogens with one attached hydrogen (secondary N) is 2. The van der Waals surface area contributed by atoms with E-state index in [0.29, 0.717) is 5.95 Å². The fourth-order valence-electron chi connectivity index (χ4n) is 1.39. The molecule has 1 aromatic heterocycles. The van der Waals surface area contributed by atoms with Gasteiger partial charge in [0.1, 0.15) is 0 Å². The number of aliphatic hydroxyl groups is 2. The van der Waals surface area contributed by atoms with Crippen molar-refractivity contribution in [1.29, 1.82) is 0 Å². The molecule has 1 rings (SSSR count). The van der Waals surface area contributed by atoms with E-state index < -0.39 is 5.54 Å². The van der Waals surface area contributed by atoms with Gasteiger partial charge in [-0.1, -0.05) is 6.92 Å². The molecule has 0 bridgehead atoms. The minimum Gasteiger partial charge on any atom is -0.461 e. The molecule has 0 unspecified atom stereocenters. The van der Waals surface area contributed by atoms with E-state index in [0.717, 1.165) is 13.0 Å². The molecule has 8 nitrogen and oxygen atoms in total. The monoisotopic (exact) mass is 299 g/mol. The van der Waals surface area contributed by atoms with Gasteiger partial charge in [0, 0.05) is 6.54 Å². The Morgan fingerprint density at radius 3 is 2.29 bits per heavy atom. The lowest BCUT2D eigenvalue weighted by Gasteiger charge is -2.26. The van der Waals surface area contributed by atoms with Gasteiger partial charge >= 0.3 is 6.01 Å². The molecule has 1 heterocycles. The fraction of sp³-hybridized carbons (Fsp3) is 0.769. The minimum atomic E-state index is -0.918. The molecular weight excluding hydrogens is 274 g/mol. The Morgan fingerprint density at radius 1 is 1.14 bits per heavy atom. The van der Waals surface area contributed by atoms with Gasteiger partial charge in [-0.15, -0.1) is 0 Å². The zero-order valence-corrected chi connectivity index (χ0v) is 13.1. The van der Waals surface area contributed by atoms with Crippen molar-refractivity contribution in [1.82, 2.24) is 15.0 Å². The summed E-state index contributed by atoms with van der Waals surface area (Å²) < 4.78 is 5.49. The van der Waals surface area contributed by atoms with Gasteiger partial charge in [-0.2, -0.15) is 15.0 Å². The normalized spacial score (nSPS) is 11.6. The van der Waals surface area contributed by atoms with Gasteiger partial charge in [0.15, 0.2) is 0 Å². The van der Waals surface area contributed by atoms with E-state index in [1.165, 1.54) is 0 Å². The first-order valence-corrected chi connectivity index (χ1v) is 7.09. The van der Waals surface area contributed by atoms with Crippen molar-refractivity contribution < 1.29 is 14.9 Å². The SMILES string of the molecule is CCCNc1nc(NC(C)(CO)CO)nc(OC(C)C)n1. The van der Waals surface area contributed by atoms with Crippen LogP contribution in [0.2, 0.25) is 0 Å². The maximum Gasteiger partial charge on any atom is 0.323 e. The number of anilines is 2. The van der Waals surface area contributed by atoms with Gasteiger partial charge in [0.05, 0.1) is 24.9 Å². The predicted octanol–water partition coefficient (Wildman–Crippen LogP) is 0.636. The number of rotatable bonds is 9. The first kappa shape index (κ1) is 17.4. The molecule has 0 aliphatic heterocycles. The third-order valence-electron chi connectivity index (χ3n) is 2.60.